The first-order valence-corrected chi connectivity index (χ1v) is 3.55. The predicted molar refractivity (Wildman–Crippen MR) is 46.7 cm³/mol. The molecule has 10 heavy (non-hydrogen) atoms. The van der Waals surface area contributed by atoms with Gasteiger partial charge in [0, 0.05) is 19.3 Å². The van der Waals surface area contributed by atoms with Crippen LogP contribution in [0.2, 0.25) is 0 Å². The Hall–Kier alpha value is -0.630. The average molecular weight is 140 g/mol. The molecular weight excluding hydrogens is 124 g/mol. The second-order valence-electron chi connectivity index (χ2n) is 2.15. The van der Waals surface area contributed by atoms with Crippen LogP contribution in [-0.2, 0) is 0 Å². The van der Waals surface area contributed by atoms with Crippen LogP contribution in [0, 0.1) is 0 Å². The summed E-state index contributed by atoms with van der Waals surface area (Å²) in [7, 11) is 3.76. The second kappa shape index (κ2) is 6.49. The van der Waals surface area contributed by atoms with Gasteiger partial charge in [0.25, 0.3) is 0 Å². The molecule has 0 aliphatic carbocycles. The van der Waals surface area contributed by atoms with E-state index in [-0.39, 0.29) is 0 Å². The number of nitrogens with one attached hydrogen (secondary N) is 1. The summed E-state index contributed by atoms with van der Waals surface area (Å²) < 4.78 is 0. The Bertz CT molecular complexity index is 116. The zero-order chi connectivity index (χ0) is 7.82. The van der Waals surface area contributed by atoms with E-state index in [4.69, 9.17) is 0 Å². The van der Waals surface area contributed by atoms with Crippen molar-refractivity contribution in [2.45, 2.75) is 12.8 Å². The minimum atomic E-state index is 0.893. The van der Waals surface area contributed by atoms with E-state index in [2.05, 4.69) is 16.9 Å². The Balaban J connectivity index is 3.51. The van der Waals surface area contributed by atoms with Crippen molar-refractivity contribution in [1.82, 2.24) is 5.32 Å². The van der Waals surface area contributed by atoms with Crippen LogP contribution in [0.25, 0.3) is 0 Å². The predicted octanol–water partition coefficient (Wildman–Crippen LogP) is 1.24. The van der Waals surface area contributed by atoms with Gasteiger partial charge in [0.05, 0.1) is 0 Å². The monoisotopic (exact) mass is 140 g/mol. The highest BCUT2D eigenvalue weighted by Crippen LogP contribution is 1.91. The number of aliphatic imine (C=N–C) groups is 1. The van der Waals surface area contributed by atoms with Crippen LogP contribution in [0.3, 0.4) is 0 Å². The highest BCUT2D eigenvalue weighted by atomic mass is 14.8. The Labute approximate surface area is 63.0 Å². The van der Waals surface area contributed by atoms with Crippen LogP contribution in [-0.4, -0.2) is 26.4 Å². The van der Waals surface area contributed by atoms with Gasteiger partial charge in [-0.25, -0.2) is 0 Å². The molecule has 2 nitrogen and oxygen atoms in total. The molecule has 0 radical (unpaired) electrons. The third-order valence-corrected chi connectivity index (χ3v) is 1.33. The van der Waals surface area contributed by atoms with Crippen LogP contribution in [0.15, 0.2) is 17.6 Å². The van der Waals surface area contributed by atoms with E-state index in [0.717, 1.165) is 19.4 Å². The van der Waals surface area contributed by atoms with E-state index in [9.17, 15) is 0 Å². The molecule has 0 aliphatic heterocycles. The van der Waals surface area contributed by atoms with Crippen molar-refractivity contribution in [3.8, 4) is 0 Å². The average Bonchev–Trinajstić information content (AvgIpc) is 1.98. The molecule has 0 amide bonds. The zero-order valence-corrected chi connectivity index (χ0v) is 6.85. The van der Waals surface area contributed by atoms with Gasteiger partial charge in [-0.05, 0) is 19.9 Å². The first kappa shape index (κ1) is 9.37. The molecule has 2 heteroatoms. The fourth-order valence-electron chi connectivity index (χ4n) is 0.752. The van der Waals surface area contributed by atoms with Gasteiger partial charge < -0.3 is 5.32 Å². The lowest BCUT2D eigenvalue weighted by atomic mass is 10.2. The number of hydrogen-bond donors (Lipinski definition) is 1. The van der Waals surface area contributed by atoms with E-state index in [1.807, 2.05) is 20.2 Å². The van der Waals surface area contributed by atoms with Gasteiger partial charge in [0.15, 0.2) is 0 Å². The van der Waals surface area contributed by atoms with E-state index in [1.54, 1.807) is 0 Å². The molecule has 0 heterocycles. The smallest absolute Gasteiger partial charge is 0.0332 e. The van der Waals surface area contributed by atoms with Gasteiger partial charge in [0.2, 0.25) is 0 Å². The zero-order valence-electron chi connectivity index (χ0n) is 6.85. The quantitative estimate of drug-likeness (QED) is 0.451. The van der Waals surface area contributed by atoms with Crippen molar-refractivity contribution in [3.05, 3.63) is 12.7 Å². The van der Waals surface area contributed by atoms with Crippen molar-refractivity contribution in [1.29, 1.82) is 0 Å². The normalized spacial score (nSPS) is 11.6. The molecule has 0 atom stereocenters. The first-order chi connectivity index (χ1) is 4.85. The minimum absolute atomic E-state index is 0.893. The molecule has 1 N–H and O–H groups in total. The van der Waals surface area contributed by atoms with Crippen LogP contribution in [0.4, 0.5) is 0 Å². The summed E-state index contributed by atoms with van der Waals surface area (Å²) in [6.45, 7) is 4.54. The number of allylic oxidation sites excluding steroid dienone is 1. The third kappa shape index (κ3) is 4.27. The maximum Gasteiger partial charge on any atom is 0.0332 e. The van der Waals surface area contributed by atoms with E-state index >= 15 is 0 Å². The SMILES string of the molecule is C=CCCC(CNC)=NC. The van der Waals surface area contributed by atoms with Gasteiger partial charge in [-0.2, -0.15) is 0 Å². The van der Waals surface area contributed by atoms with E-state index < -0.39 is 0 Å². The molecule has 0 aromatic rings. The number of rotatable bonds is 5. The van der Waals surface area contributed by atoms with E-state index in [0.29, 0.717) is 0 Å². The van der Waals surface area contributed by atoms with Crippen LogP contribution in [0.5, 0.6) is 0 Å². The lowest BCUT2D eigenvalue weighted by Crippen LogP contribution is -2.18. The first-order valence-electron chi connectivity index (χ1n) is 3.55. The van der Waals surface area contributed by atoms with Gasteiger partial charge in [-0.1, -0.05) is 6.08 Å². The Morgan fingerprint density at radius 1 is 1.70 bits per heavy atom. The van der Waals surface area contributed by atoms with Gasteiger partial charge >= 0.3 is 0 Å². The molecule has 0 saturated heterocycles. The summed E-state index contributed by atoms with van der Waals surface area (Å²) in [5, 5.41) is 3.06. The largest absolute Gasteiger partial charge is 0.315 e. The molecule has 0 aromatic carbocycles. The number of hydrogen-bond acceptors (Lipinski definition) is 2. The van der Waals surface area contributed by atoms with Crippen molar-refractivity contribution in [2.75, 3.05) is 20.6 Å². The minimum Gasteiger partial charge on any atom is -0.315 e. The maximum atomic E-state index is 4.12. The summed E-state index contributed by atoms with van der Waals surface area (Å²) in [5.41, 5.74) is 1.21. The molecule has 0 unspecified atom stereocenters. The van der Waals surface area contributed by atoms with Crippen LogP contribution in [0.1, 0.15) is 12.8 Å². The number of nitrogens with zero attached hydrogens (tertiary/aromatic N) is 1. The summed E-state index contributed by atoms with van der Waals surface area (Å²) in [6.07, 6.45) is 3.97. The maximum absolute atomic E-state index is 4.12. The standard InChI is InChI=1S/C8H16N2/c1-4-5-6-8(10-3)7-9-2/h4,9H,1,5-7H2,2-3H3. The highest BCUT2D eigenvalue weighted by molar-refractivity contribution is 5.86. The lowest BCUT2D eigenvalue weighted by molar-refractivity contribution is 0.913. The molecule has 0 fully saturated rings. The fourth-order valence-corrected chi connectivity index (χ4v) is 0.752. The summed E-state index contributed by atoms with van der Waals surface area (Å²) in [4.78, 5) is 4.12. The van der Waals surface area contributed by atoms with Gasteiger partial charge in [0.1, 0.15) is 0 Å². The fraction of sp³-hybridized carbons (Fsp3) is 0.625. The lowest BCUT2D eigenvalue weighted by Gasteiger charge is -2.01. The molecule has 0 bridgehead atoms. The second-order valence-corrected chi connectivity index (χ2v) is 2.15. The molecule has 0 spiro atoms. The van der Waals surface area contributed by atoms with Crippen molar-refractivity contribution < 1.29 is 0 Å². The van der Waals surface area contributed by atoms with Gasteiger partial charge in [-0.3, -0.25) is 4.99 Å². The summed E-state index contributed by atoms with van der Waals surface area (Å²) >= 11 is 0. The van der Waals surface area contributed by atoms with Gasteiger partial charge in [-0.15, -0.1) is 6.58 Å². The molecule has 0 rings (SSSR count). The molecule has 0 aliphatic rings. The summed E-state index contributed by atoms with van der Waals surface area (Å²) in [5.74, 6) is 0. The van der Waals surface area contributed by atoms with E-state index in [1.165, 1.54) is 5.71 Å². The molecular formula is C8H16N2. The topological polar surface area (TPSA) is 24.4 Å². The molecule has 0 saturated carbocycles. The molecule has 58 valence electrons. The van der Waals surface area contributed by atoms with Crippen molar-refractivity contribution >= 4 is 5.71 Å². The Morgan fingerprint density at radius 3 is 2.80 bits per heavy atom. The summed E-state index contributed by atoms with van der Waals surface area (Å²) in [6, 6.07) is 0. The van der Waals surface area contributed by atoms with Crippen LogP contribution < -0.4 is 5.32 Å². The molecule has 0 aromatic heterocycles. The van der Waals surface area contributed by atoms with Crippen molar-refractivity contribution in [2.24, 2.45) is 4.99 Å². The van der Waals surface area contributed by atoms with Crippen LogP contribution >= 0.6 is 0 Å². The third-order valence-electron chi connectivity index (χ3n) is 1.33. The van der Waals surface area contributed by atoms with Crippen molar-refractivity contribution in [3.63, 3.8) is 0 Å². The highest BCUT2D eigenvalue weighted by Gasteiger charge is 1.92. The Kier molecular flexibility index (Phi) is 6.08. The Morgan fingerprint density at radius 2 is 2.40 bits per heavy atom.